The number of pyridine rings is 1. The maximum Gasteiger partial charge on any atom is 0.324 e. The van der Waals surface area contributed by atoms with Gasteiger partial charge in [0.1, 0.15) is 5.82 Å². The highest BCUT2D eigenvalue weighted by Gasteiger charge is 2.22. The van der Waals surface area contributed by atoms with E-state index in [1.54, 1.807) is 10.9 Å². The molecule has 0 atom stereocenters. The third kappa shape index (κ3) is 6.60. The molecule has 0 bridgehead atoms. The number of nitrogens with zero attached hydrogens (tertiary/aromatic N) is 4. The highest BCUT2D eigenvalue weighted by Crippen LogP contribution is 2.34. The van der Waals surface area contributed by atoms with E-state index in [1.165, 1.54) is 17.1 Å². The van der Waals surface area contributed by atoms with Gasteiger partial charge in [-0.05, 0) is 47.2 Å². The Bertz CT molecular complexity index is 1730. The van der Waals surface area contributed by atoms with E-state index in [9.17, 15) is 4.79 Å². The van der Waals surface area contributed by atoms with E-state index < -0.39 is 0 Å². The number of carbonyl (C=O) groups excluding carboxylic acids is 1. The van der Waals surface area contributed by atoms with Crippen LogP contribution in [0.2, 0.25) is 0 Å². The molecule has 0 spiro atoms. The number of amides is 2. The summed E-state index contributed by atoms with van der Waals surface area (Å²) in [5, 5.41) is 13.0. The van der Waals surface area contributed by atoms with Gasteiger partial charge in [0.15, 0.2) is 0 Å². The summed E-state index contributed by atoms with van der Waals surface area (Å²) in [7, 11) is 0. The molecule has 0 saturated carbocycles. The van der Waals surface area contributed by atoms with Crippen molar-refractivity contribution in [2.75, 3.05) is 35.2 Å². The van der Waals surface area contributed by atoms with Crippen molar-refractivity contribution < 1.29 is 4.79 Å². The van der Waals surface area contributed by atoms with Crippen molar-refractivity contribution in [3.05, 3.63) is 102 Å². The Kier molecular flexibility index (Phi) is 8.23. The number of urea groups is 1. The predicted octanol–water partition coefficient (Wildman–Crippen LogP) is 7.89. The fourth-order valence-electron chi connectivity index (χ4n) is 5.36. The molecule has 0 radical (unpaired) electrons. The molecular weight excluding hydrogens is 552 g/mol. The molecule has 1 aliphatic heterocycles. The number of hydrogen-bond donors (Lipinski definition) is 2. The Morgan fingerprint density at radius 1 is 0.907 bits per heavy atom. The summed E-state index contributed by atoms with van der Waals surface area (Å²) in [6.07, 6.45) is 1.77. The van der Waals surface area contributed by atoms with Crippen molar-refractivity contribution in [2.45, 2.75) is 39.7 Å². The first kappa shape index (κ1) is 29.0. The van der Waals surface area contributed by atoms with E-state index in [2.05, 4.69) is 83.8 Å². The van der Waals surface area contributed by atoms with Gasteiger partial charge in [-0.25, -0.2) is 9.48 Å². The molecule has 1 fully saturated rings. The van der Waals surface area contributed by atoms with E-state index in [4.69, 9.17) is 5.10 Å². The molecule has 6 rings (SSSR count). The van der Waals surface area contributed by atoms with E-state index in [0.29, 0.717) is 5.82 Å². The quantitative estimate of drug-likeness (QED) is 0.210. The van der Waals surface area contributed by atoms with Gasteiger partial charge in [0.25, 0.3) is 0 Å². The first-order chi connectivity index (χ1) is 20.7. The Hall–Kier alpha value is -4.14. The van der Waals surface area contributed by atoms with Gasteiger partial charge < -0.3 is 5.32 Å². The van der Waals surface area contributed by atoms with E-state index in [1.807, 2.05) is 55.1 Å². The third-order valence-electron chi connectivity index (χ3n) is 7.81. The Balaban J connectivity index is 1.24. The lowest BCUT2D eigenvalue weighted by molar-refractivity contribution is 0.262. The maximum absolute atomic E-state index is 13.4. The van der Waals surface area contributed by atoms with Gasteiger partial charge in [0, 0.05) is 53.7 Å². The molecule has 220 valence electrons. The molecule has 7 nitrogen and oxygen atoms in total. The van der Waals surface area contributed by atoms with E-state index in [-0.39, 0.29) is 11.4 Å². The Labute approximate surface area is 257 Å². The Morgan fingerprint density at radius 2 is 1.65 bits per heavy atom. The average molecular weight is 591 g/mol. The molecule has 0 aliphatic carbocycles. The molecule has 2 N–H and O–H groups in total. The zero-order valence-electron chi connectivity index (χ0n) is 25.2. The van der Waals surface area contributed by atoms with Crippen LogP contribution in [0, 0.1) is 6.92 Å². The molecule has 1 saturated heterocycles. The summed E-state index contributed by atoms with van der Waals surface area (Å²) in [5.74, 6) is 3.01. The van der Waals surface area contributed by atoms with Crippen molar-refractivity contribution in [1.29, 1.82) is 0 Å². The molecular formula is C35H38N6OS. The summed E-state index contributed by atoms with van der Waals surface area (Å²) in [6.45, 7) is 11.6. The van der Waals surface area contributed by atoms with Crippen LogP contribution in [0.3, 0.4) is 0 Å². The molecule has 5 aromatic rings. The number of aromatic nitrogens is 3. The topological polar surface area (TPSA) is 75.1 Å². The summed E-state index contributed by atoms with van der Waals surface area (Å²) in [6, 6.07) is 26.7. The van der Waals surface area contributed by atoms with Crippen LogP contribution in [0.5, 0.6) is 0 Å². The van der Waals surface area contributed by atoms with Crippen LogP contribution >= 0.6 is 11.8 Å². The smallest absolute Gasteiger partial charge is 0.307 e. The van der Waals surface area contributed by atoms with Crippen molar-refractivity contribution in [3.63, 3.8) is 0 Å². The minimum atomic E-state index is -0.333. The van der Waals surface area contributed by atoms with Crippen molar-refractivity contribution in [3.8, 4) is 16.8 Å². The lowest BCUT2D eigenvalue weighted by atomic mass is 9.92. The zero-order valence-corrected chi connectivity index (χ0v) is 26.0. The number of aryl methyl sites for hydroxylation is 1. The minimum absolute atomic E-state index is 0.187. The maximum atomic E-state index is 13.4. The standard InChI is InChI=1S/C35H38N6OS/c1-24-9-14-27(22-36-24)41-33(21-32(39-41)35(2,3)4)38-34(42)37-31-16-15-28(29-7-5-6-8-30(29)31)26-12-10-25(11-13-26)23-40-17-19-43-20-18-40/h5-16,21-22H,17-20,23H2,1-4H3,(H2,37,38,42). The molecule has 0 unspecified atom stereocenters. The number of rotatable bonds is 6. The van der Waals surface area contributed by atoms with Gasteiger partial charge in [-0.2, -0.15) is 16.9 Å². The number of hydrogen-bond acceptors (Lipinski definition) is 5. The summed E-state index contributed by atoms with van der Waals surface area (Å²) >= 11 is 2.04. The molecule has 1 aliphatic rings. The number of fused-ring (bicyclic) bond motifs is 1. The monoisotopic (exact) mass is 590 g/mol. The van der Waals surface area contributed by atoms with Gasteiger partial charge in [0.2, 0.25) is 0 Å². The Morgan fingerprint density at radius 3 is 2.35 bits per heavy atom. The van der Waals surface area contributed by atoms with Gasteiger partial charge in [-0.15, -0.1) is 0 Å². The lowest BCUT2D eigenvalue weighted by Gasteiger charge is -2.26. The molecule has 8 heteroatoms. The van der Waals surface area contributed by atoms with Crippen LogP contribution in [0.1, 0.15) is 37.7 Å². The third-order valence-corrected chi connectivity index (χ3v) is 8.75. The fraction of sp³-hybridized carbons (Fsp3) is 0.286. The van der Waals surface area contributed by atoms with Crippen LogP contribution in [-0.2, 0) is 12.0 Å². The fourth-order valence-corrected chi connectivity index (χ4v) is 6.33. The van der Waals surface area contributed by atoms with Crippen LogP contribution in [0.25, 0.3) is 27.6 Å². The van der Waals surface area contributed by atoms with Crippen LogP contribution in [0.4, 0.5) is 16.3 Å². The van der Waals surface area contributed by atoms with E-state index >= 15 is 0 Å². The van der Waals surface area contributed by atoms with Gasteiger partial charge in [-0.3, -0.25) is 15.2 Å². The second-order valence-corrected chi connectivity index (χ2v) is 13.3. The van der Waals surface area contributed by atoms with Crippen molar-refractivity contribution >= 4 is 40.1 Å². The van der Waals surface area contributed by atoms with Crippen molar-refractivity contribution in [2.24, 2.45) is 0 Å². The molecule has 43 heavy (non-hydrogen) atoms. The van der Waals surface area contributed by atoms with E-state index in [0.717, 1.165) is 64.3 Å². The number of anilines is 2. The zero-order chi connectivity index (χ0) is 30.0. The number of thioether (sulfide) groups is 1. The van der Waals surface area contributed by atoms with Crippen LogP contribution < -0.4 is 10.6 Å². The summed E-state index contributed by atoms with van der Waals surface area (Å²) in [4.78, 5) is 20.3. The SMILES string of the molecule is Cc1ccc(-n2nc(C(C)(C)C)cc2NC(=O)Nc2ccc(-c3ccc(CN4CCSCC4)cc3)c3ccccc23)cn1. The van der Waals surface area contributed by atoms with Gasteiger partial charge in [0.05, 0.1) is 23.3 Å². The van der Waals surface area contributed by atoms with Gasteiger partial charge >= 0.3 is 6.03 Å². The van der Waals surface area contributed by atoms with Crippen molar-refractivity contribution in [1.82, 2.24) is 19.7 Å². The molecule has 2 amide bonds. The summed E-state index contributed by atoms with van der Waals surface area (Å²) in [5.41, 5.74) is 6.78. The highest BCUT2D eigenvalue weighted by molar-refractivity contribution is 7.99. The normalized spacial score (nSPS) is 14.1. The lowest BCUT2D eigenvalue weighted by Crippen LogP contribution is -2.31. The number of benzene rings is 3. The van der Waals surface area contributed by atoms with Gasteiger partial charge in [-0.1, -0.05) is 75.4 Å². The van der Waals surface area contributed by atoms with Crippen LogP contribution in [-0.4, -0.2) is 50.3 Å². The first-order valence-corrected chi connectivity index (χ1v) is 15.9. The second kappa shape index (κ2) is 12.2. The number of carbonyl (C=O) groups is 1. The second-order valence-electron chi connectivity index (χ2n) is 12.1. The number of nitrogens with one attached hydrogen (secondary N) is 2. The average Bonchev–Trinajstić information content (AvgIpc) is 3.43. The molecule has 3 heterocycles. The minimum Gasteiger partial charge on any atom is -0.307 e. The molecule has 2 aromatic heterocycles. The van der Waals surface area contributed by atoms with Crippen LogP contribution in [0.15, 0.2) is 85.1 Å². The first-order valence-electron chi connectivity index (χ1n) is 14.8. The summed E-state index contributed by atoms with van der Waals surface area (Å²) < 4.78 is 1.74. The largest absolute Gasteiger partial charge is 0.324 e. The predicted molar refractivity (Wildman–Crippen MR) is 179 cm³/mol. The molecule has 3 aromatic carbocycles. The highest BCUT2D eigenvalue weighted by atomic mass is 32.2.